The Kier molecular flexibility index (Phi) is 4.84. The molecule has 0 aliphatic carbocycles. The van der Waals surface area contributed by atoms with Gasteiger partial charge in [0, 0.05) is 6.54 Å². The third-order valence-electron chi connectivity index (χ3n) is 2.18. The second kappa shape index (κ2) is 6.19. The predicted octanol–water partition coefficient (Wildman–Crippen LogP) is 1.51. The minimum absolute atomic E-state index is 0.200. The first-order chi connectivity index (χ1) is 7.26. The van der Waals surface area contributed by atoms with Gasteiger partial charge in [0.2, 0.25) is 0 Å². The predicted molar refractivity (Wildman–Crippen MR) is 59.5 cm³/mol. The highest BCUT2D eigenvalue weighted by atomic mass is 16.5. The topological polar surface area (TPSA) is 38.3 Å². The van der Waals surface area contributed by atoms with Gasteiger partial charge in [0.05, 0.1) is 13.5 Å². The molecule has 0 unspecified atom stereocenters. The van der Waals surface area contributed by atoms with Gasteiger partial charge in [0.15, 0.2) is 0 Å². The Morgan fingerprint density at radius 2 is 1.87 bits per heavy atom. The lowest BCUT2D eigenvalue weighted by molar-refractivity contribution is -0.139. The fraction of sp³-hybridized carbons (Fsp3) is 0.417. The zero-order valence-electron chi connectivity index (χ0n) is 9.25. The van der Waals surface area contributed by atoms with Gasteiger partial charge in [-0.2, -0.15) is 0 Å². The van der Waals surface area contributed by atoms with Crippen molar-refractivity contribution in [1.82, 2.24) is 5.32 Å². The molecule has 0 amide bonds. The maximum absolute atomic E-state index is 11.0. The first kappa shape index (κ1) is 11.7. The average molecular weight is 207 g/mol. The normalized spacial score (nSPS) is 10.0. The SMILES string of the molecule is CCNCc1ccc(CC(=O)OC)cc1. The smallest absolute Gasteiger partial charge is 0.309 e. The van der Waals surface area contributed by atoms with E-state index >= 15 is 0 Å². The monoisotopic (exact) mass is 207 g/mol. The van der Waals surface area contributed by atoms with Gasteiger partial charge in [0.1, 0.15) is 0 Å². The number of benzene rings is 1. The van der Waals surface area contributed by atoms with Gasteiger partial charge in [0.25, 0.3) is 0 Å². The number of rotatable bonds is 5. The molecular formula is C12H17NO2. The van der Waals surface area contributed by atoms with Crippen molar-refractivity contribution in [1.29, 1.82) is 0 Å². The average Bonchev–Trinajstić information content (AvgIpc) is 2.28. The zero-order chi connectivity index (χ0) is 11.1. The summed E-state index contributed by atoms with van der Waals surface area (Å²) in [4.78, 5) is 11.0. The summed E-state index contributed by atoms with van der Waals surface area (Å²) in [6.07, 6.45) is 0.345. The van der Waals surface area contributed by atoms with E-state index < -0.39 is 0 Å². The molecule has 1 rings (SSSR count). The molecule has 3 nitrogen and oxygen atoms in total. The third-order valence-corrected chi connectivity index (χ3v) is 2.18. The van der Waals surface area contributed by atoms with E-state index in [0.29, 0.717) is 6.42 Å². The number of nitrogens with one attached hydrogen (secondary N) is 1. The van der Waals surface area contributed by atoms with Crippen molar-refractivity contribution >= 4 is 5.97 Å². The van der Waals surface area contributed by atoms with Crippen LogP contribution in [0.2, 0.25) is 0 Å². The van der Waals surface area contributed by atoms with Gasteiger partial charge in [-0.15, -0.1) is 0 Å². The highest BCUT2D eigenvalue weighted by Gasteiger charge is 2.01. The molecule has 1 aromatic carbocycles. The molecule has 0 spiro atoms. The number of hydrogen-bond acceptors (Lipinski definition) is 3. The highest BCUT2D eigenvalue weighted by Crippen LogP contribution is 2.05. The van der Waals surface area contributed by atoms with Crippen LogP contribution >= 0.6 is 0 Å². The highest BCUT2D eigenvalue weighted by molar-refractivity contribution is 5.72. The molecule has 0 bridgehead atoms. The number of esters is 1. The maximum Gasteiger partial charge on any atom is 0.309 e. The van der Waals surface area contributed by atoms with Crippen molar-refractivity contribution in [3.05, 3.63) is 35.4 Å². The molecule has 0 saturated heterocycles. The molecule has 0 atom stereocenters. The van der Waals surface area contributed by atoms with Gasteiger partial charge in [-0.25, -0.2) is 0 Å². The van der Waals surface area contributed by atoms with Gasteiger partial charge in [-0.3, -0.25) is 4.79 Å². The Bertz CT molecular complexity index is 306. The Balaban J connectivity index is 2.52. The lowest BCUT2D eigenvalue weighted by Gasteiger charge is -2.03. The first-order valence-corrected chi connectivity index (χ1v) is 5.11. The molecule has 0 saturated carbocycles. The van der Waals surface area contributed by atoms with Gasteiger partial charge < -0.3 is 10.1 Å². The van der Waals surface area contributed by atoms with E-state index in [1.165, 1.54) is 12.7 Å². The Hall–Kier alpha value is -1.35. The van der Waals surface area contributed by atoms with Crippen molar-refractivity contribution in [3.8, 4) is 0 Å². The fourth-order valence-electron chi connectivity index (χ4n) is 1.28. The van der Waals surface area contributed by atoms with Gasteiger partial charge >= 0.3 is 5.97 Å². The van der Waals surface area contributed by atoms with Crippen LogP contribution in [0.5, 0.6) is 0 Å². The van der Waals surface area contributed by atoms with Crippen LogP contribution in [-0.4, -0.2) is 19.6 Å². The molecule has 0 fully saturated rings. The molecule has 1 aromatic rings. The Morgan fingerprint density at radius 3 is 2.40 bits per heavy atom. The molecule has 0 aliphatic rings. The number of ether oxygens (including phenoxy) is 1. The summed E-state index contributed by atoms with van der Waals surface area (Å²) < 4.78 is 4.60. The molecule has 82 valence electrons. The number of hydrogen-bond donors (Lipinski definition) is 1. The molecular weight excluding hydrogens is 190 g/mol. The van der Waals surface area contributed by atoms with E-state index in [9.17, 15) is 4.79 Å². The van der Waals surface area contributed by atoms with Crippen LogP contribution in [0.1, 0.15) is 18.1 Å². The van der Waals surface area contributed by atoms with Crippen molar-refractivity contribution in [2.45, 2.75) is 19.9 Å². The third kappa shape index (κ3) is 4.13. The summed E-state index contributed by atoms with van der Waals surface area (Å²) in [6, 6.07) is 7.98. The van der Waals surface area contributed by atoms with E-state index in [1.54, 1.807) is 0 Å². The first-order valence-electron chi connectivity index (χ1n) is 5.11. The van der Waals surface area contributed by atoms with Crippen LogP contribution < -0.4 is 5.32 Å². The van der Waals surface area contributed by atoms with Crippen LogP contribution in [0.15, 0.2) is 24.3 Å². The molecule has 15 heavy (non-hydrogen) atoms. The van der Waals surface area contributed by atoms with Crippen LogP contribution in [0.3, 0.4) is 0 Å². The molecule has 0 heterocycles. The molecule has 1 N–H and O–H groups in total. The van der Waals surface area contributed by atoms with Crippen LogP contribution in [0.25, 0.3) is 0 Å². The summed E-state index contributed by atoms with van der Waals surface area (Å²) >= 11 is 0. The van der Waals surface area contributed by atoms with Crippen LogP contribution in [-0.2, 0) is 22.5 Å². The summed E-state index contributed by atoms with van der Waals surface area (Å²) in [6.45, 7) is 3.91. The van der Waals surface area contributed by atoms with E-state index in [0.717, 1.165) is 18.7 Å². The van der Waals surface area contributed by atoms with Crippen LogP contribution in [0, 0.1) is 0 Å². The fourth-order valence-corrected chi connectivity index (χ4v) is 1.28. The standard InChI is InChI=1S/C12H17NO2/c1-3-13-9-11-6-4-10(5-7-11)8-12(14)15-2/h4-7,13H,3,8-9H2,1-2H3. The van der Waals surface area contributed by atoms with Crippen molar-refractivity contribution < 1.29 is 9.53 Å². The second-order valence-electron chi connectivity index (χ2n) is 3.35. The minimum Gasteiger partial charge on any atom is -0.469 e. The summed E-state index contributed by atoms with van der Waals surface area (Å²) in [5.74, 6) is -0.200. The van der Waals surface area contributed by atoms with E-state index in [4.69, 9.17) is 0 Å². The number of methoxy groups -OCH3 is 1. The molecule has 3 heteroatoms. The van der Waals surface area contributed by atoms with Crippen molar-refractivity contribution in [2.24, 2.45) is 0 Å². The van der Waals surface area contributed by atoms with Crippen molar-refractivity contribution in [2.75, 3.05) is 13.7 Å². The summed E-state index contributed by atoms with van der Waals surface area (Å²) in [5, 5.41) is 3.24. The molecule has 0 radical (unpaired) electrons. The van der Waals surface area contributed by atoms with Crippen molar-refractivity contribution in [3.63, 3.8) is 0 Å². The van der Waals surface area contributed by atoms with E-state index in [1.807, 2.05) is 24.3 Å². The quantitative estimate of drug-likeness (QED) is 0.744. The lowest BCUT2D eigenvalue weighted by Crippen LogP contribution is -2.11. The minimum atomic E-state index is -0.200. The number of carbonyl (C=O) groups is 1. The molecule has 0 aliphatic heterocycles. The van der Waals surface area contributed by atoms with Gasteiger partial charge in [-0.1, -0.05) is 31.2 Å². The summed E-state index contributed by atoms with van der Waals surface area (Å²) in [5.41, 5.74) is 2.22. The largest absolute Gasteiger partial charge is 0.469 e. The lowest BCUT2D eigenvalue weighted by atomic mass is 10.1. The second-order valence-corrected chi connectivity index (χ2v) is 3.35. The maximum atomic E-state index is 11.0. The summed E-state index contributed by atoms with van der Waals surface area (Å²) in [7, 11) is 1.40. The van der Waals surface area contributed by atoms with E-state index in [2.05, 4.69) is 17.0 Å². The van der Waals surface area contributed by atoms with Crippen LogP contribution in [0.4, 0.5) is 0 Å². The Morgan fingerprint density at radius 1 is 1.27 bits per heavy atom. The number of carbonyl (C=O) groups excluding carboxylic acids is 1. The van der Waals surface area contributed by atoms with Gasteiger partial charge in [-0.05, 0) is 17.7 Å². The molecule has 0 aromatic heterocycles. The Labute approximate surface area is 90.4 Å². The van der Waals surface area contributed by atoms with E-state index in [-0.39, 0.29) is 5.97 Å². The zero-order valence-corrected chi connectivity index (χ0v) is 9.25.